The topological polar surface area (TPSA) is 91.1 Å². The van der Waals surface area contributed by atoms with Crippen LogP contribution in [0.2, 0.25) is 0 Å². The smallest absolute Gasteiger partial charge is 0.216 e. The summed E-state index contributed by atoms with van der Waals surface area (Å²) < 4.78 is 5.22. The minimum Gasteiger partial charge on any atom is -0.461 e. The zero-order valence-corrected chi connectivity index (χ0v) is 11.2. The van der Waals surface area contributed by atoms with Crippen LogP contribution < -0.4 is 10.6 Å². The van der Waals surface area contributed by atoms with Gasteiger partial charge in [-0.25, -0.2) is 9.98 Å². The first kappa shape index (κ1) is 13.7. The molecule has 20 heavy (non-hydrogen) atoms. The molecule has 0 amide bonds. The van der Waals surface area contributed by atoms with E-state index in [0.717, 1.165) is 6.54 Å². The van der Waals surface area contributed by atoms with E-state index in [9.17, 15) is 0 Å². The van der Waals surface area contributed by atoms with Crippen LogP contribution in [0.15, 0.2) is 27.8 Å². The molecule has 0 saturated carbocycles. The van der Waals surface area contributed by atoms with E-state index in [1.54, 1.807) is 18.4 Å². The van der Waals surface area contributed by atoms with Crippen molar-refractivity contribution in [1.82, 2.24) is 25.8 Å². The molecular weight excluding hydrogens is 256 g/mol. The van der Waals surface area contributed by atoms with Gasteiger partial charge in [0.25, 0.3) is 0 Å². The highest BCUT2D eigenvalue weighted by atomic mass is 16.3. The predicted octanol–water partition coefficient (Wildman–Crippen LogP) is 0.753. The lowest BCUT2D eigenvalue weighted by Gasteiger charge is -2.07. The third-order valence-electron chi connectivity index (χ3n) is 2.36. The first-order valence-corrected chi connectivity index (χ1v) is 6.24. The molecule has 3 N–H and O–H groups in total. The molecule has 0 bridgehead atoms. The maximum absolute atomic E-state index is 5.22. The quantitative estimate of drug-likeness (QED) is 0.424. The van der Waals surface area contributed by atoms with Crippen molar-refractivity contribution in [2.45, 2.75) is 13.5 Å². The number of terminal acetylenes is 1. The monoisotopic (exact) mass is 272 g/mol. The second-order valence-electron chi connectivity index (χ2n) is 3.84. The molecule has 2 heterocycles. The van der Waals surface area contributed by atoms with Crippen LogP contribution in [0.25, 0.3) is 11.6 Å². The van der Waals surface area contributed by atoms with E-state index in [1.807, 2.05) is 6.92 Å². The number of aromatic nitrogens is 3. The molecule has 0 unspecified atom stereocenters. The van der Waals surface area contributed by atoms with Gasteiger partial charge in [-0.15, -0.1) is 11.5 Å². The molecule has 2 rings (SSSR count). The molecule has 0 radical (unpaired) electrons. The number of guanidine groups is 1. The summed E-state index contributed by atoms with van der Waals surface area (Å²) in [6.45, 7) is 3.52. The van der Waals surface area contributed by atoms with Gasteiger partial charge >= 0.3 is 0 Å². The van der Waals surface area contributed by atoms with Crippen LogP contribution in [0.5, 0.6) is 0 Å². The van der Waals surface area contributed by atoms with Crippen molar-refractivity contribution in [3.8, 4) is 23.9 Å². The molecule has 7 heteroatoms. The fraction of sp³-hybridized carbons (Fsp3) is 0.308. The van der Waals surface area contributed by atoms with Gasteiger partial charge in [-0.2, -0.15) is 0 Å². The van der Waals surface area contributed by atoms with Gasteiger partial charge in [0.1, 0.15) is 12.4 Å². The van der Waals surface area contributed by atoms with E-state index in [1.165, 1.54) is 0 Å². The van der Waals surface area contributed by atoms with Crippen molar-refractivity contribution in [3.63, 3.8) is 0 Å². The summed E-state index contributed by atoms with van der Waals surface area (Å²) in [7, 11) is 0. The average Bonchev–Trinajstić information content (AvgIpc) is 3.12. The van der Waals surface area contributed by atoms with Gasteiger partial charge < -0.3 is 15.1 Å². The Balaban J connectivity index is 2.00. The van der Waals surface area contributed by atoms with Crippen molar-refractivity contribution in [2.24, 2.45) is 4.99 Å². The summed E-state index contributed by atoms with van der Waals surface area (Å²) in [4.78, 5) is 8.65. The number of rotatable bonds is 5. The van der Waals surface area contributed by atoms with Crippen molar-refractivity contribution < 1.29 is 4.42 Å². The standard InChI is InChI=1S/C13H16N6O/c1-3-7-15-13(14-4-2)16-9-11-17-12(19-18-11)10-6-5-8-20-10/h1,5-6,8H,4,7,9H2,2H3,(H2,14,15,16)(H,17,18,19). The zero-order chi connectivity index (χ0) is 14.2. The second kappa shape index (κ2) is 6.99. The third kappa shape index (κ3) is 3.62. The van der Waals surface area contributed by atoms with Gasteiger partial charge in [-0.1, -0.05) is 5.92 Å². The van der Waals surface area contributed by atoms with Crippen molar-refractivity contribution in [2.75, 3.05) is 13.1 Å². The highest BCUT2D eigenvalue weighted by Crippen LogP contribution is 2.14. The third-order valence-corrected chi connectivity index (χ3v) is 2.36. The number of hydrogen-bond donors (Lipinski definition) is 3. The average molecular weight is 272 g/mol. The van der Waals surface area contributed by atoms with Crippen LogP contribution >= 0.6 is 0 Å². The van der Waals surface area contributed by atoms with Crippen molar-refractivity contribution in [3.05, 3.63) is 24.2 Å². The SMILES string of the molecule is C#CCNC(=NCc1nc(-c2ccco2)n[nH]1)NCC. The lowest BCUT2D eigenvalue weighted by molar-refractivity contribution is 0.577. The summed E-state index contributed by atoms with van der Waals surface area (Å²) in [6.07, 6.45) is 6.78. The molecule has 104 valence electrons. The first-order chi connectivity index (χ1) is 9.83. The van der Waals surface area contributed by atoms with E-state index in [2.05, 4.69) is 36.7 Å². The first-order valence-electron chi connectivity index (χ1n) is 6.24. The van der Waals surface area contributed by atoms with Crippen LogP contribution in [0.4, 0.5) is 0 Å². The van der Waals surface area contributed by atoms with E-state index in [4.69, 9.17) is 10.8 Å². The molecular formula is C13H16N6O. The minimum atomic E-state index is 0.369. The lowest BCUT2D eigenvalue weighted by atomic mass is 10.4. The summed E-state index contributed by atoms with van der Waals surface area (Å²) in [5.74, 6) is 4.92. The molecule has 2 aromatic rings. The highest BCUT2D eigenvalue weighted by molar-refractivity contribution is 5.79. The Morgan fingerprint density at radius 2 is 2.45 bits per heavy atom. The summed E-state index contributed by atoms with van der Waals surface area (Å²) in [5, 5.41) is 13.0. The van der Waals surface area contributed by atoms with Crippen molar-refractivity contribution in [1.29, 1.82) is 0 Å². The number of aliphatic imine (C=N–C) groups is 1. The maximum atomic E-state index is 5.22. The normalized spacial score (nSPS) is 11.1. The van der Waals surface area contributed by atoms with Gasteiger partial charge in [0.05, 0.1) is 12.8 Å². The number of H-pyrrole nitrogens is 1. The van der Waals surface area contributed by atoms with Crippen LogP contribution in [0, 0.1) is 12.3 Å². The Morgan fingerprint density at radius 3 is 3.15 bits per heavy atom. The Hall–Kier alpha value is -2.75. The number of furan rings is 1. The Bertz CT molecular complexity index is 593. The van der Waals surface area contributed by atoms with Gasteiger partial charge in [0.2, 0.25) is 5.82 Å². The molecule has 0 aliphatic rings. The Kier molecular flexibility index (Phi) is 4.78. The molecule has 0 atom stereocenters. The number of hydrogen-bond acceptors (Lipinski definition) is 4. The van der Waals surface area contributed by atoms with Gasteiger partial charge in [-0.05, 0) is 19.1 Å². The Morgan fingerprint density at radius 1 is 1.55 bits per heavy atom. The fourth-order valence-electron chi connectivity index (χ4n) is 1.51. The molecule has 7 nitrogen and oxygen atoms in total. The molecule has 2 aromatic heterocycles. The number of aromatic amines is 1. The molecule has 0 aromatic carbocycles. The lowest BCUT2D eigenvalue weighted by Crippen LogP contribution is -2.37. The van der Waals surface area contributed by atoms with Crippen LogP contribution in [0.3, 0.4) is 0 Å². The molecule has 0 saturated heterocycles. The molecule has 0 aliphatic carbocycles. The van der Waals surface area contributed by atoms with Gasteiger partial charge in [-0.3, -0.25) is 5.10 Å². The highest BCUT2D eigenvalue weighted by Gasteiger charge is 2.07. The molecule has 0 aliphatic heterocycles. The van der Waals surface area contributed by atoms with Crippen LogP contribution in [0.1, 0.15) is 12.7 Å². The number of nitrogens with zero attached hydrogens (tertiary/aromatic N) is 3. The molecule has 0 spiro atoms. The predicted molar refractivity (Wildman–Crippen MR) is 75.7 cm³/mol. The fourth-order valence-corrected chi connectivity index (χ4v) is 1.51. The summed E-state index contributed by atoms with van der Waals surface area (Å²) >= 11 is 0. The largest absolute Gasteiger partial charge is 0.461 e. The summed E-state index contributed by atoms with van der Waals surface area (Å²) in [6, 6.07) is 3.59. The molecule has 0 fully saturated rings. The van der Waals surface area contributed by atoms with E-state index < -0.39 is 0 Å². The van der Waals surface area contributed by atoms with Crippen LogP contribution in [-0.4, -0.2) is 34.2 Å². The summed E-state index contributed by atoms with van der Waals surface area (Å²) in [5.41, 5.74) is 0. The number of nitrogens with one attached hydrogen (secondary N) is 3. The van der Waals surface area contributed by atoms with E-state index in [-0.39, 0.29) is 0 Å². The van der Waals surface area contributed by atoms with Gasteiger partial charge in [0.15, 0.2) is 11.7 Å². The zero-order valence-electron chi connectivity index (χ0n) is 11.2. The minimum absolute atomic E-state index is 0.369. The van der Waals surface area contributed by atoms with E-state index in [0.29, 0.717) is 36.5 Å². The Labute approximate surface area is 116 Å². The van der Waals surface area contributed by atoms with Gasteiger partial charge in [0, 0.05) is 6.54 Å². The van der Waals surface area contributed by atoms with E-state index >= 15 is 0 Å². The second-order valence-corrected chi connectivity index (χ2v) is 3.84. The van der Waals surface area contributed by atoms with Crippen LogP contribution in [-0.2, 0) is 6.54 Å². The maximum Gasteiger partial charge on any atom is 0.216 e. The van der Waals surface area contributed by atoms with Crippen molar-refractivity contribution >= 4 is 5.96 Å².